The first-order chi connectivity index (χ1) is 9.32. The van der Waals surface area contributed by atoms with Crippen molar-refractivity contribution in [3.05, 3.63) is 29.8 Å². The van der Waals surface area contributed by atoms with E-state index in [1.807, 2.05) is 38.4 Å². The maximum absolute atomic E-state index is 11.8. The lowest BCUT2D eigenvalue weighted by Gasteiger charge is -2.25. The number of hydrogen-bond donors (Lipinski definition) is 0. The van der Waals surface area contributed by atoms with Crippen molar-refractivity contribution in [2.45, 2.75) is 12.0 Å². The average molecular weight is 298 g/mol. The van der Waals surface area contributed by atoms with E-state index in [1.54, 1.807) is 11.4 Å². The predicted octanol–water partition coefficient (Wildman–Crippen LogP) is 0.984. The van der Waals surface area contributed by atoms with Crippen LogP contribution in [-0.4, -0.2) is 64.2 Å². The Hall–Kier alpha value is -1.11. The van der Waals surface area contributed by atoms with E-state index in [1.165, 1.54) is 6.26 Å². The zero-order chi connectivity index (χ0) is 14.9. The Kier molecular flexibility index (Phi) is 4.36. The van der Waals surface area contributed by atoms with Gasteiger partial charge < -0.3 is 9.64 Å². The minimum atomic E-state index is -3.14. The van der Waals surface area contributed by atoms with Crippen LogP contribution in [0.25, 0.3) is 0 Å². The van der Waals surface area contributed by atoms with E-state index < -0.39 is 10.0 Å². The molecule has 1 saturated heterocycles. The van der Waals surface area contributed by atoms with Gasteiger partial charge >= 0.3 is 0 Å². The molecule has 1 aliphatic rings. The third-order valence-corrected chi connectivity index (χ3v) is 5.17. The molecule has 1 aromatic rings. The normalized spacial score (nSPS) is 24.2. The molecule has 0 aliphatic carbocycles. The van der Waals surface area contributed by atoms with Crippen molar-refractivity contribution in [3.8, 4) is 5.75 Å². The molecule has 2 atom stereocenters. The third kappa shape index (κ3) is 3.13. The molecule has 1 aliphatic heterocycles. The summed E-state index contributed by atoms with van der Waals surface area (Å²) in [5.74, 6) is 0.999. The highest BCUT2D eigenvalue weighted by Crippen LogP contribution is 2.32. The lowest BCUT2D eigenvalue weighted by atomic mass is 9.94. The van der Waals surface area contributed by atoms with E-state index in [9.17, 15) is 8.42 Å². The lowest BCUT2D eigenvalue weighted by Crippen LogP contribution is -2.35. The van der Waals surface area contributed by atoms with Gasteiger partial charge in [0, 0.05) is 25.0 Å². The van der Waals surface area contributed by atoms with Crippen molar-refractivity contribution in [1.82, 2.24) is 9.21 Å². The van der Waals surface area contributed by atoms with Crippen molar-refractivity contribution < 1.29 is 13.2 Å². The van der Waals surface area contributed by atoms with Crippen LogP contribution in [0.2, 0.25) is 0 Å². The second-order valence-corrected chi connectivity index (χ2v) is 7.47. The highest BCUT2D eigenvalue weighted by atomic mass is 32.2. The van der Waals surface area contributed by atoms with Crippen molar-refractivity contribution in [2.75, 3.05) is 40.6 Å². The van der Waals surface area contributed by atoms with Gasteiger partial charge in [0.1, 0.15) is 5.75 Å². The number of nitrogens with zero attached hydrogens (tertiary/aromatic N) is 2. The van der Waals surface area contributed by atoms with Gasteiger partial charge in [-0.05, 0) is 31.8 Å². The summed E-state index contributed by atoms with van der Waals surface area (Å²) >= 11 is 0. The second kappa shape index (κ2) is 5.71. The Morgan fingerprint density at radius 1 is 1.20 bits per heavy atom. The minimum absolute atomic E-state index is 0.186. The highest BCUT2D eigenvalue weighted by Gasteiger charge is 2.38. The largest absolute Gasteiger partial charge is 0.497 e. The zero-order valence-corrected chi connectivity index (χ0v) is 13.2. The highest BCUT2D eigenvalue weighted by molar-refractivity contribution is 7.88. The van der Waals surface area contributed by atoms with Crippen molar-refractivity contribution >= 4 is 10.0 Å². The second-order valence-electron chi connectivity index (χ2n) is 5.49. The maximum atomic E-state index is 11.8. The standard InChI is InChI=1S/C14H22N2O3S/c1-15(2)14-10-16(20(4,17)18)9-13(14)11-5-7-12(19-3)8-6-11/h5-8,13-14H,9-10H2,1-4H3/t13-,14+/m0/s1. The van der Waals surface area contributed by atoms with Crippen LogP contribution in [-0.2, 0) is 10.0 Å². The van der Waals surface area contributed by atoms with Crippen LogP contribution in [0.4, 0.5) is 0 Å². The smallest absolute Gasteiger partial charge is 0.211 e. The van der Waals surface area contributed by atoms with Crippen LogP contribution in [0.3, 0.4) is 0 Å². The number of likely N-dealkylation sites (N-methyl/N-ethyl adjacent to an activating group) is 1. The van der Waals surface area contributed by atoms with Crippen LogP contribution < -0.4 is 4.74 Å². The summed E-state index contributed by atoms with van der Waals surface area (Å²) in [6.45, 7) is 1.08. The fourth-order valence-corrected chi connectivity index (χ4v) is 3.58. The lowest BCUT2D eigenvalue weighted by molar-refractivity contribution is 0.285. The van der Waals surface area contributed by atoms with E-state index in [4.69, 9.17) is 4.74 Å². The Labute approximate surface area is 121 Å². The third-order valence-electron chi connectivity index (χ3n) is 3.93. The van der Waals surface area contributed by atoms with Gasteiger partial charge in [0.25, 0.3) is 0 Å². The van der Waals surface area contributed by atoms with Crippen LogP contribution in [0.15, 0.2) is 24.3 Å². The predicted molar refractivity (Wildman–Crippen MR) is 79.6 cm³/mol. The summed E-state index contributed by atoms with van der Waals surface area (Å²) in [4.78, 5) is 2.10. The Morgan fingerprint density at radius 2 is 1.80 bits per heavy atom. The van der Waals surface area contributed by atoms with E-state index in [-0.39, 0.29) is 12.0 Å². The molecule has 2 rings (SSSR count). The molecule has 1 heterocycles. The minimum Gasteiger partial charge on any atom is -0.497 e. The van der Waals surface area contributed by atoms with E-state index in [0.717, 1.165) is 11.3 Å². The van der Waals surface area contributed by atoms with Crippen LogP contribution >= 0.6 is 0 Å². The fourth-order valence-electron chi connectivity index (χ4n) is 2.72. The molecule has 0 spiro atoms. The van der Waals surface area contributed by atoms with Gasteiger partial charge in [-0.2, -0.15) is 4.31 Å². The number of hydrogen-bond acceptors (Lipinski definition) is 4. The molecule has 1 aromatic carbocycles. The van der Waals surface area contributed by atoms with Gasteiger partial charge in [0.15, 0.2) is 0 Å². The SMILES string of the molecule is COc1ccc([C@@H]2CN(S(C)(=O)=O)C[C@H]2N(C)C)cc1. The topological polar surface area (TPSA) is 49.9 Å². The summed E-state index contributed by atoms with van der Waals surface area (Å²) < 4.78 is 30.3. The zero-order valence-electron chi connectivity index (χ0n) is 12.4. The van der Waals surface area contributed by atoms with Crippen LogP contribution in [0.1, 0.15) is 11.5 Å². The molecular weight excluding hydrogens is 276 g/mol. The Balaban J connectivity index is 2.27. The number of ether oxygens (including phenoxy) is 1. The molecule has 0 amide bonds. The molecule has 0 N–H and O–H groups in total. The maximum Gasteiger partial charge on any atom is 0.211 e. The summed E-state index contributed by atoms with van der Waals surface area (Å²) in [6.07, 6.45) is 1.27. The monoisotopic (exact) mass is 298 g/mol. The van der Waals surface area contributed by atoms with E-state index >= 15 is 0 Å². The molecule has 112 valence electrons. The summed E-state index contributed by atoms with van der Waals surface area (Å²) in [7, 11) is 2.48. The fraction of sp³-hybridized carbons (Fsp3) is 0.571. The average Bonchev–Trinajstić information content (AvgIpc) is 2.84. The summed E-state index contributed by atoms with van der Waals surface area (Å²) in [6, 6.07) is 8.08. The molecule has 5 nitrogen and oxygen atoms in total. The Bertz CT molecular complexity index is 554. The van der Waals surface area contributed by atoms with Gasteiger partial charge in [-0.3, -0.25) is 0 Å². The molecule has 1 fully saturated rings. The molecule has 0 aromatic heterocycles. The summed E-state index contributed by atoms with van der Waals surface area (Å²) in [5.41, 5.74) is 1.15. The number of sulfonamides is 1. The Morgan fingerprint density at radius 3 is 2.25 bits per heavy atom. The van der Waals surface area contributed by atoms with E-state index in [0.29, 0.717) is 13.1 Å². The molecule has 0 bridgehead atoms. The molecule has 20 heavy (non-hydrogen) atoms. The number of methoxy groups -OCH3 is 1. The van der Waals surface area contributed by atoms with Crippen molar-refractivity contribution in [1.29, 1.82) is 0 Å². The van der Waals surface area contributed by atoms with Gasteiger partial charge in [-0.15, -0.1) is 0 Å². The summed E-state index contributed by atoms with van der Waals surface area (Å²) in [5, 5.41) is 0. The van der Waals surface area contributed by atoms with Gasteiger partial charge in [-0.1, -0.05) is 12.1 Å². The van der Waals surface area contributed by atoms with E-state index in [2.05, 4.69) is 4.90 Å². The molecular formula is C14H22N2O3S. The molecule has 0 saturated carbocycles. The first-order valence-electron chi connectivity index (χ1n) is 6.58. The van der Waals surface area contributed by atoms with Crippen molar-refractivity contribution in [2.24, 2.45) is 0 Å². The van der Waals surface area contributed by atoms with Gasteiger partial charge in [-0.25, -0.2) is 8.42 Å². The molecule has 0 unspecified atom stereocenters. The molecule has 0 radical (unpaired) electrons. The first kappa shape index (κ1) is 15.3. The van der Waals surface area contributed by atoms with Gasteiger partial charge in [0.05, 0.1) is 13.4 Å². The van der Waals surface area contributed by atoms with Gasteiger partial charge in [0.2, 0.25) is 10.0 Å². The first-order valence-corrected chi connectivity index (χ1v) is 8.43. The van der Waals surface area contributed by atoms with Crippen LogP contribution in [0, 0.1) is 0 Å². The number of rotatable bonds is 4. The van der Waals surface area contributed by atoms with Crippen molar-refractivity contribution in [3.63, 3.8) is 0 Å². The van der Waals surface area contributed by atoms with Crippen LogP contribution in [0.5, 0.6) is 5.75 Å². The molecule has 6 heteroatoms. The quantitative estimate of drug-likeness (QED) is 0.831. The number of benzene rings is 1.